The van der Waals surface area contributed by atoms with E-state index in [2.05, 4.69) is 16.1 Å². The van der Waals surface area contributed by atoms with Gasteiger partial charge in [-0.25, -0.2) is 0 Å². The minimum atomic E-state index is -0.269. The van der Waals surface area contributed by atoms with Crippen LogP contribution in [0.3, 0.4) is 0 Å². The van der Waals surface area contributed by atoms with Crippen molar-refractivity contribution in [2.24, 2.45) is 0 Å². The Bertz CT molecular complexity index is 484. The summed E-state index contributed by atoms with van der Waals surface area (Å²) in [5, 5.41) is 3.04. The lowest BCUT2D eigenvalue weighted by Gasteiger charge is -2.27. The van der Waals surface area contributed by atoms with E-state index in [0.29, 0.717) is 6.42 Å². The summed E-state index contributed by atoms with van der Waals surface area (Å²) in [4.78, 5) is 14.6. The fourth-order valence-corrected chi connectivity index (χ4v) is 2.38. The number of halogens is 1. The van der Waals surface area contributed by atoms with E-state index < -0.39 is 0 Å². The van der Waals surface area contributed by atoms with Crippen molar-refractivity contribution in [1.82, 2.24) is 4.90 Å². The number of terminal acetylenes is 1. The SMILES string of the molecule is C#CCC(C(=O)Nc1c(C)cccc1C)N(CC)CC.Cl. The van der Waals surface area contributed by atoms with Crippen LogP contribution in [-0.2, 0) is 4.79 Å². The van der Waals surface area contributed by atoms with Gasteiger partial charge in [-0.2, -0.15) is 0 Å². The van der Waals surface area contributed by atoms with Gasteiger partial charge in [0.05, 0.1) is 0 Å². The van der Waals surface area contributed by atoms with Gasteiger partial charge in [-0.15, -0.1) is 24.8 Å². The van der Waals surface area contributed by atoms with E-state index in [4.69, 9.17) is 6.42 Å². The van der Waals surface area contributed by atoms with Crippen LogP contribution in [0.1, 0.15) is 31.4 Å². The smallest absolute Gasteiger partial charge is 0.242 e. The Balaban J connectivity index is 0.00000400. The first-order valence-corrected chi connectivity index (χ1v) is 7.09. The standard InChI is InChI=1S/C17H24N2O.ClH/c1-6-10-15(19(7-2)8-3)17(20)18-16-13(4)11-9-12-14(16)5;/h1,9,11-12,15H,7-8,10H2,2-5H3,(H,18,20);1H. The number of carbonyl (C=O) groups excluding carboxylic acids is 1. The summed E-state index contributed by atoms with van der Waals surface area (Å²) in [6.07, 6.45) is 5.84. The number of nitrogens with one attached hydrogen (secondary N) is 1. The quantitative estimate of drug-likeness (QED) is 0.817. The molecule has 0 aliphatic rings. The number of para-hydroxylation sites is 1. The number of carbonyl (C=O) groups is 1. The van der Waals surface area contributed by atoms with Crippen LogP contribution in [0.2, 0.25) is 0 Å². The number of aryl methyl sites for hydroxylation is 2. The van der Waals surface area contributed by atoms with Gasteiger partial charge < -0.3 is 5.32 Å². The molecule has 1 atom stereocenters. The molecule has 0 bridgehead atoms. The molecule has 1 unspecified atom stereocenters. The van der Waals surface area contributed by atoms with Gasteiger partial charge in [-0.1, -0.05) is 32.0 Å². The summed E-state index contributed by atoms with van der Waals surface area (Å²) in [5.74, 6) is 2.59. The van der Waals surface area contributed by atoms with Gasteiger partial charge in [0.25, 0.3) is 0 Å². The normalized spacial score (nSPS) is 11.4. The van der Waals surface area contributed by atoms with Crippen LogP contribution in [-0.4, -0.2) is 29.9 Å². The third kappa shape index (κ3) is 5.08. The van der Waals surface area contributed by atoms with Crippen molar-refractivity contribution in [2.45, 2.75) is 40.2 Å². The lowest BCUT2D eigenvalue weighted by atomic mass is 10.1. The summed E-state index contributed by atoms with van der Waals surface area (Å²) in [7, 11) is 0. The van der Waals surface area contributed by atoms with Gasteiger partial charge in [0.1, 0.15) is 6.04 Å². The van der Waals surface area contributed by atoms with Gasteiger partial charge in [-0.3, -0.25) is 9.69 Å². The highest BCUT2D eigenvalue weighted by Gasteiger charge is 2.23. The molecule has 0 saturated heterocycles. The zero-order chi connectivity index (χ0) is 15.1. The van der Waals surface area contributed by atoms with Crippen molar-refractivity contribution in [3.05, 3.63) is 29.3 Å². The van der Waals surface area contributed by atoms with Crippen LogP contribution < -0.4 is 5.32 Å². The molecule has 1 aromatic rings. The first kappa shape index (κ1) is 19.5. The largest absolute Gasteiger partial charge is 0.324 e. The monoisotopic (exact) mass is 308 g/mol. The van der Waals surface area contributed by atoms with Gasteiger partial charge in [0.15, 0.2) is 0 Å². The number of anilines is 1. The second-order valence-corrected chi connectivity index (χ2v) is 4.90. The lowest BCUT2D eigenvalue weighted by molar-refractivity contribution is -0.121. The molecule has 4 heteroatoms. The average molecular weight is 309 g/mol. The zero-order valence-corrected chi connectivity index (χ0v) is 14.1. The highest BCUT2D eigenvalue weighted by atomic mass is 35.5. The Morgan fingerprint density at radius 3 is 2.24 bits per heavy atom. The highest BCUT2D eigenvalue weighted by molar-refractivity contribution is 5.96. The molecule has 1 N–H and O–H groups in total. The molecule has 116 valence electrons. The molecule has 0 saturated carbocycles. The fourth-order valence-electron chi connectivity index (χ4n) is 2.38. The van der Waals surface area contributed by atoms with E-state index in [-0.39, 0.29) is 24.4 Å². The molecule has 0 aliphatic carbocycles. The predicted molar refractivity (Wildman–Crippen MR) is 92.0 cm³/mol. The van der Waals surface area contributed by atoms with E-state index in [0.717, 1.165) is 29.9 Å². The summed E-state index contributed by atoms with van der Waals surface area (Å²) in [6.45, 7) is 9.69. The van der Waals surface area contributed by atoms with Crippen LogP contribution in [0.5, 0.6) is 0 Å². The minimum Gasteiger partial charge on any atom is -0.324 e. The van der Waals surface area contributed by atoms with Crippen molar-refractivity contribution >= 4 is 24.0 Å². The first-order chi connectivity index (χ1) is 9.54. The number of hydrogen-bond donors (Lipinski definition) is 1. The Morgan fingerprint density at radius 2 is 1.81 bits per heavy atom. The van der Waals surface area contributed by atoms with Crippen LogP contribution in [0.4, 0.5) is 5.69 Å². The summed E-state index contributed by atoms with van der Waals surface area (Å²) in [5.41, 5.74) is 3.03. The molecule has 0 aliphatic heterocycles. The Kier molecular flexibility index (Phi) is 8.76. The fraction of sp³-hybridized carbons (Fsp3) is 0.471. The zero-order valence-electron chi connectivity index (χ0n) is 13.3. The summed E-state index contributed by atoms with van der Waals surface area (Å²) in [6, 6.07) is 5.71. The summed E-state index contributed by atoms with van der Waals surface area (Å²) < 4.78 is 0. The number of nitrogens with zero attached hydrogens (tertiary/aromatic N) is 1. The van der Waals surface area contributed by atoms with E-state index >= 15 is 0 Å². The van der Waals surface area contributed by atoms with Crippen LogP contribution in [0.15, 0.2) is 18.2 Å². The highest BCUT2D eigenvalue weighted by Crippen LogP contribution is 2.20. The maximum Gasteiger partial charge on any atom is 0.242 e. The van der Waals surface area contributed by atoms with Crippen molar-refractivity contribution in [3.8, 4) is 12.3 Å². The molecule has 0 aromatic heterocycles. The maximum absolute atomic E-state index is 12.5. The predicted octanol–water partition coefficient (Wildman–Crippen LogP) is 3.40. The Labute approximate surface area is 134 Å². The molecule has 1 amide bonds. The van der Waals surface area contributed by atoms with Gasteiger partial charge in [0.2, 0.25) is 5.91 Å². The van der Waals surface area contributed by atoms with E-state index in [1.165, 1.54) is 0 Å². The molecule has 0 spiro atoms. The molecule has 1 rings (SSSR count). The van der Waals surface area contributed by atoms with Gasteiger partial charge in [-0.05, 0) is 38.1 Å². The molecular weight excluding hydrogens is 284 g/mol. The second-order valence-electron chi connectivity index (χ2n) is 4.90. The molecular formula is C17H25ClN2O. The Morgan fingerprint density at radius 1 is 1.29 bits per heavy atom. The topological polar surface area (TPSA) is 32.3 Å². The number of rotatable bonds is 6. The number of hydrogen-bond acceptors (Lipinski definition) is 2. The minimum absolute atomic E-state index is 0. The third-order valence-electron chi connectivity index (χ3n) is 3.60. The number of benzene rings is 1. The van der Waals surface area contributed by atoms with Crippen molar-refractivity contribution < 1.29 is 4.79 Å². The van der Waals surface area contributed by atoms with Crippen LogP contribution >= 0.6 is 12.4 Å². The first-order valence-electron chi connectivity index (χ1n) is 7.09. The second kappa shape index (κ2) is 9.44. The van der Waals surface area contributed by atoms with Crippen molar-refractivity contribution in [2.75, 3.05) is 18.4 Å². The number of amides is 1. The molecule has 0 radical (unpaired) electrons. The third-order valence-corrected chi connectivity index (χ3v) is 3.60. The lowest BCUT2D eigenvalue weighted by Crippen LogP contribution is -2.44. The van der Waals surface area contributed by atoms with Crippen molar-refractivity contribution in [3.63, 3.8) is 0 Å². The van der Waals surface area contributed by atoms with Crippen LogP contribution in [0.25, 0.3) is 0 Å². The average Bonchev–Trinajstić information content (AvgIpc) is 2.43. The molecule has 0 heterocycles. The molecule has 0 fully saturated rings. The van der Waals surface area contributed by atoms with Gasteiger partial charge in [0, 0.05) is 12.1 Å². The van der Waals surface area contributed by atoms with Gasteiger partial charge >= 0.3 is 0 Å². The number of likely N-dealkylation sites (N-methyl/N-ethyl adjacent to an activating group) is 1. The van der Waals surface area contributed by atoms with Crippen LogP contribution in [0, 0.1) is 26.2 Å². The molecule has 3 nitrogen and oxygen atoms in total. The summed E-state index contributed by atoms with van der Waals surface area (Å²) >= 11 is 0. The molecule has 21 heavy (non-hydrogen) atoms. The van der Waals surface area contributed by atoms with E-state index in [1.54, 1.807) is 0 Å². The molecule has 1 aromatic carbocycles. The maximum atomic E-state index is 12.5. The Hall–Kier alpha value is -1.50. The van der Waals surface area contributed by atoms with Crippen molar-refractivity contribution in [1.29, 1.82) is 0 Å². The van der Waals surface area contributed by atoms with E-state index in [1.807, 2.05) is 45.9 Å². The van der Waals surface area contributed by atoms with E-state index in [9.17, 15) is 4.79 Å².